The fourth-order valence-corrected chi connectivity index (χ4v) is 2.56. The maximum atomic E-state index is 5.96. The Morgan fingerprint density at radius 3 is 2.55 bits per heavy atom. The Kier molecular flexibility index (Phi) is 4.71. The van der Waals surface area contributed by atoms with E-state index in [-0.39, 0.29) is 0 Å². The molecule has 0 spiro atoms. The van der Waals surface area contributed by atoms with E-state index < -0.39 is 0 Å². The second-order valence-electron chi connectivity index (χ2n) is 4.38. The van der Waals surface area contributed by atoms with Crippen molar-refractivity contribution in [2.45, 2.75) is 0 Å². The van der Waals surface area contributed by atoms with E-state index in [1.165, 1.54) is 6.33 Å². The van der Waals surface area contributed by atoms with Gasteiger partial charge < -0.3 is 4.98 Å². The molecule has 0 aliphatic rings. The summed E-state index contributed by atoms with van der Waals surface area (Å²) in [5.41, 5.74) is 3.37. The molecule has 3 aromatic rings. The Morgan fingerprint density at radius 1 is 1.14 bits per heavy atom. The van der Waals surface area contributed by atoms with Crippen molar-refractivity contribution in [1.29, 1.82) is 0 Å². The van der Waals surface area contributed by atoms with E-state index in [9.17, 15) is 0 Å². The Bertz CT molecular complexity index is 809. The Hall–Kier alpha value is -1.50. The van der Waals surface area contributed by atoms with Crippen molar-refractivity contribution in [1.82, 2.24) is 19.9 Å². The highest BCUT2D eigenvalue weighted by molar-refractivity contribution is 9.28. The lowest BCUT2D eigenvalue weighted by molar-refractivity contribution is 1.16. The molecule has 0 saturated heterocycles. The number of hydrogen-bond donors (Lipinski definition) is 1. The van der Waals surface area contributed by atoms with E-state index >= 15 is 0 Å². The maximum absolute atomic E-state index is 5.96. The van der Waals surface area contributed by atoms with Crippen LogP contribution in [0, 0.1) is 0 Å². The zero-order valence-electron chi connectivity index (χ0n) is 11.1. The van der Waals surface area contributed by atoms with Crippen LogP contribution in [0.4, 0.5) is 0 Å². The molecule has 0 bridgehead atoms. The lowest BCUT2D eigenvalue weighted by Crippen LogP contribution is -1.87. The first-order valence-electron chi connectivity index (χ1n) is 6.28. The molecule has 0 aliphatic carbocycles. The van der Waals surface area contributed by atoms with Gasteiger partial charge >= 0.3 is 0 Å². The first-order valence-corrected chi connectivity index (χ1v) is 8.25. The zero-order valence-corrected chi connectivity index (χ0v) is 15.0. The van der Waals surface area contributed by atoms with Gasteiger partial charge in [-0.05, 0) is 50.1 Å². The molecular formula is C15H9Br2ClN4. The van der Waals surface area contributed by atoms with E-state index in [2.05, 4.69) is 51.8 Å². The van der Waals surface area contributed by atoms with Gasteiger partial charge in [-0.3, -0.25) is 0 Å². The molecule has 4 nitrogen and oxygen atoms in total. The Morgan fingerprint density at radius 2 is 1.91 bits per heavy atom. The van der Waals surface area contributed by atoms with Gasteiger partial charge in [0.25, 0.3) is 0 Å². The molecule has 0 aliphatic heterocycles. The lowest BCUT2D eigenvalue weighted by atomic mass is 10.1. The number of hydrogen-bond acceptors (Lipinski definition) is 3. The van der Waals surface area contributed by atoms with Crippen molar-refractivity contribution in [3.05, 3.63) is 57.1 Å². The predicted octanol–water partition coefficient (Wildman–Crippen LogP) is 5.28. The molecule has 2 aromatic heterocycles. The highest BCUT2D eigenvalue weighted by Crippen LogP contribution is 2.30. The molecule has 1 aromatic carbocycles. The van der Waals surface area contributed by atoms with Gasteiger partial charge in [-0.2, -0.15) is 0 Å². The summed E-state index contributed by atoms with van der Waals surface area (Å²) in [5.74, 6) is 0.710. The van der Waals surface area contributed by atoms with E-state index in [0.717, 1.165) is 26.0 Å². The van der Waals surface area contributed by atoms with Crippen molar-refractivity contribution < 1.29 is 0 Å². The Balaban J connectivity index is 2.17. The van der Waals surface area contributed by atoms with Gasteiger partial charge in [-0.25, -0.2) is 15.0 Å². The standard InChI is InChI=1S/C15H9Br2ClN4/c16-12(17)7-13-21-14(9-1-3-10(18)4-2-9)15(22-13)11-5-6-19-8-20-11/h1-8H,(H,21,22). The van der Waals surface area contributed by atoms with Gasteiger partial charge in [0.15, 0.2) is 0 Å². The van der Waals surface area contributed by atoms with Gasteiger partial charge in [0.1, 0.15) is 12.2 Å². The molecule has 0 fully saturated rings. The summed E-state index contributed by atoms with van der Waals surface area (Å²) in [4.78, 5) is 16.1. The molecule has 0 radical (unpaired) electrons. The molecule has 0 unspecified atom stereocenters. The molecule has 3 rings (SSSR count). The number of imidazole rings is 1. The average molecular weight is 441 g/mol. The van der Waals surface area contributed by atoms with E-state index in [0.29, 0.717) is 10.8 Å². The van der Waals surface area contributed by atoms with Gasteiger partial charge in [0.05, 0.1) is 20.5 Å². The predicted molar refractivity (Wildman–Crippen MR) is 95.9 cm³/mol. The van der Waals surface area contributed by atoms with Crippen molar-refractivity contribution in [2.24, 2.45) is 0 Å². The van der Waals surface area contributed by atoms with Crippen LogP contribution in [0.15, 0.2) is 46.2 Å². The molecular weight excluding hydrogens is 431 g/mol. The van der Waals surface area contributed by atoms with Crippen LogP contribution in [0.2, 0.25) is 5.02 Å². The highest BCUT2D eigenvalue weighted by Gasteiger charge is 2.14. The normalized spacial score (nSPS) is 10.5. The van der Waals surface area contributed by atoms with Crippen LogP contribution >= 0.6 is 43.5 Å². The summed E-state index contributed by atoms with van der Waals surface area (Å²) in [6.07, 6.45) is 5.05. The molecule has 1 N–H and O–H groups in total. The van der Waals surface area contributed by atoms with Crippen LogP contribution in [0.5, 0.6) is 0 Å². The summed E-state index contributed by atoms with van der Waals surface area (Å²) in [7, 11) is 0. The fraction of sp³-hybridized carbons (Fsp3) is 0. The maximum Gasteiger partial charge on any atom is 0.132 e. The first-order chi connectivity index (χ1) is 10.6. The van der Waals surface area contributed by atoms with Crippen molar-refractivity contribution in [3.63, 3.8) is 0 Å². The minimum atomic E-state index is 0.686. The van der Waals surface area contributed by atoms with E-state index in [1.807, 2.05) is 36.4 Å². The summed E-state index contributed by atoms with van der Waals surface area (Å²) >= 11 is 12.6. The average Bonchev–Trinajstić information content (AvgIpc) is 2.92. The van der Waals surface area contributed by atoms with Gasteiger partial charge in [-0.15, -0.1) is 0 Å². The molecule has 7 heteroatoms. The van der Waals surface area contributed by atoms with Crippen LogP contribution < -0.4 is 0 Å². The summed E-state index contributed by atoms with van der Waals surface area (Å²) in [6, 6.07) is 9.37. The lowest BCUT2D eigenvalue weighted by Gasteiger charge is -2.02. The van der Waals surface area contributed by atoms with Crippen LogP contribution in [-0.2, 0) is 0 Å². The summed E-state index contributed by atoms with van der Waals surface area (Å²) in [6.45, 7) is 0. The first kappa shape index (κ1) is 15.4. The SMILES string of the molecule is Clc1ccc(-c2nc(C=C(Br)Br)[nH]c2-c2ccncn2)cc1. The summed E-state index contributed by atoms with van der Waals surface area (Å²) in [5, 5.41) is 0.686. The largest absolute Gasteiger partial charge is 0.337 e. The number of nitrogens with zero attached hydrogens (tertiary/aromatic N) is 3. The van der Waals surface area contributed by atoms with Crippen molar-refractivity contribution in [2.75, 3.05) is 0 Å². The second kappa shape index (κ2) is 6.73. The second-order valence-corrected chi connectivity index (χ2v) is 7.59. The number of benzene rings is 1. The van der Waals surface area contributed by atoms with Crippen LogP contribution in [0.1, 0.15) is 5.82 Å². The van der Waals surface area contributed by atoms with E-state index in [1.54, 1.807) is 6.20 Å². The quantitative estimate of drug-likeness (QED) is 0.603. The van der Waals surface area contributed by atoms with Crippen molar-refractivity contribution in [3.8, 4) is 22.6 Å². The monoisotopic (exact) mass is 438 g/mol. The fourth-order valence-electron chi connectivity index (χ4n) is 2.00. The van der Waals surface area contributed by atoms with Crippen molar-refractivity contribution >= 4 is 49.5 Å². The third kappa shape index (κ3) is 3.45. The molecule has 0 amide bonds. The van der Waals surface area contributed by atoms with E-state index in [4.69, 9.17) is 11.6 Å². The third-order valence-corrected chi connectivity index (χ3v) is 3.63. The summed E-state index contributed by atoms with van der Waals surface area (Å²) < 4.78 is 0.797. The molecule has 22 heavy (non-hydrogen) atoms. The molecule has 0 saturated carbocycles. The third-order valence-electron chi connectivity index (χ3n) is 2.92. The number of aromatic nitrogens is 4. The number of aromatic amines is 1. The smallest absolute Gasteiger partial charge is 0.132 e. The number of halogens is 3. The molecule has 0 atom stereocenters. The zero-order chi connectivity index (χ0) is 15.5. The minimum Gasteiger partial charge on any atom is -0.337 e. The van der Waals surface area contributed by atoms with Crippen LogP contribution in [-0.4, -0.2) is 19.9 Å². The van der Waals surface area contributed by atoms with Crippen LogP contribution in [0.3, 0.4) is 0 Å². The highest BCUT2D eigenvalue weighted by atomic mass is 79.9. The minimum absolute atomic E-state index is 0.686. The van der Waals surface area contributed by atoms with Gasteiger partial charge in [0, 0.05) is 22.9 Å². The molecule has 2 heterocycles. The Labute approximate surface area is 148 Å². The van der Waals surface area contributed by atoms with Gasteiger partial charge in [0.2, 0.25) is 0 Å². The van der Waals surface area contributed by atoms with Crippen LogP contribution in [0.25, 0.3) is 28.7 Å². The topological polar surface area (TPSA) is 54.5 Å². The van der Waals surface area contributed by atoms with Gasteiger partial charge in [-0.1, -0.05) is 23.7 Å². The number of rotatable bonds is 3. The molecule has 110 valence electrons. The number of nitrogens with one attached hydrogen (secondary N) is 1. The number of H-pyrrole nitrogens is 1.